The number of hydrogen-bond acceptors (Lipinski definition) is 5. The zero-order chi connectivity index (χ0) is 17.9. The molecular weight excluding hydrogens is 346 g/mol. The van der Waals surface area contributed by atoms with E-state index in [1.807, 2.05) is 0 Å². The Bertz CT molecular complexity index is 697. The van der Waals surface area contributed by atoms with Gasteiger partial charge in [0.2, 0.25) is 0 Å². The lowest BCUT2D eigenvalue weighted by Gasteiger charge is -2.35. The number of carboxylic acid groups (broad SMARTS) is 1. The molecule has 1 atom stereocenters. The van der Waals surface area contributed by atoms with Gasteiger partial charge < -0.3 is 5.11 Å². The molecule has 0 unspecified atom stereocenters. The lowest BCUT2D eigenvalue weighted by Crippen LogP contribution is -2.48. The largest absolute Gasteiger partial charge is 0.476 e. The summed E-state index contributed by atoms with van der Waals surface area (Å²) >= 11 is 0. The van der Waals surface area contributed by atoms with Crippen molar-refractivity contribution in [2.24, 2.45) is 5.92 Å². The molecule has 0 saturated carbocycles. The second-order valence-corrected chi connectivity index (χ2v) is 8.75. The Morgan fingerprint density at radius 2 is 1.80 bits per heavy atom. The Morgan fingerprint density at radius 1 is 1.12 bits per heavy atom. The van der Waals surface area contributed by atoms with Crippen LogP contribution in [0.25, 0.3) is 0 Å². The van der Waals surface area contributed by atoms with Gasteiger partial charge in [-0.25, -0.2) is 4.79 Å². The van der Waals surface area contributed by atoms with E-state index in [9.17, 15) is 13.2 Å². The van der Waals surface area contributed by atoms with Gasteiger partial charge in [0.25, 0.3) is 10.2 Å². The van der Waals surface area contributed by atoms with E-state index in [1.165, 1.54) is 10.9 Å². The predicted octanol–water partition coefficient (Wildman–Crippen LogP) is 0.809. The highest BCUT2D eigenvalue weighted by Gasteiger charge is 2.34. The van der Waals surface area contributed by atoms with Gasteiger partial charge in [-0.2, -0.15) is 17.0 Å². The second kappa shape index (κ2) is 7.79. The van der Waals surface area contributed by atoms with Crippen molar-refractivity contribution >= 4 is 16.2 Å². The van der Waals surface area contributed by atoms with E-state index in [-0.39, 0.29) is 11.6 Å². The van der Waals surface area contributed by atoms with Crippen molar-refractivity contribution in [3.8, 4) is 0 Å². The number of aromatic carboxylic acids is 1. The molecule has 0 spiro atoms. The molecule has 1 aromatic rings. The van der Waals surface area contributed by atoms with E-state index >= 15 is 0 Å². The maximum Gasteiger partial charge on any atom is 0.358 e. The Labute approximate surface area is 147 Å². The van der Waals surface area contributed by atoms with Crippen LogP contribution in [0.4, 0.5) is 0 Å². The molecule has 3 heterocycles. The Morgan fingerprint density at radius 3 is 2.44 bits per heavy atom. The SMILES string of the molecule is O=C(O)c1cn(C[C@H]2CCCN(S(=O)(=O)N3CCCCCC3)C2)nn1. The van der Waals surface area contributed by atoms with Crippen molar-refractivity contribution in [3.05, 3.63) is 11.9 Å². The van der Waals surface area contributed by atoms with Crippen LogP contribution in [0.5, 0.6) is 0 Å². The predicted molar refractivity (Wildman–Crippen MR) is 90.2 cm³/mol. The molecule has 0 bridgehead atoms. The number of rotatable bonds is 5. The molecule has 2 aliphatic heterocycles. The van der Waals surface area contributed by atoms with Crippen LogP contribution in [0.3, 0.4) is 0 Å². The van der Waals surface area contributed by atoms with Gasteiger partial charge in [-0.3, -0.25) is 4.68 Å². The van der Waals surface area contributed by atoms with Gasteiger partial charge in [-0.1, -0.05) is 18.1 Å². The summed E-state index contributed by atoms with van der Waals surface area (Å²) in [6.07, 6.45) is 7.12. The molecule has 25 heavy (non-hydrogen) atoms. The highest BCUT2D eigenvalue weighted by atomic mass is 32.2. The first-order valence-electron chi connectivity index (χ1n) is 8.85. The fraction of sp³-hybridized carbons (Fsp3) is 0.800. The van der Waals surface area contributed by atoms with Gasteiger partial charge in [0.15, 0.2) is 5.69 Å². The van der Waals surface area contributed by atoms with E-state index in [0.29, 0.717) is 32.7 Å². The number of piperidine rings is 1. The topological polar surface area (TPSA) is 109 Å². The lowest BCUT2D eigenvalue weighted by atomic mass is 10.00. The summed E-state index contributed by atoms with van der Waals surface area (Å²) < 4.78 is 30.6. The van der Waals surface area contributed by atoms with E-state index in [4.69, 9.17) is 5.11 Å². The summed E-state index contributed by atoms with van der Waals surface area (Å²) in [6, 6.07) is 0. The highest BCUT2D eigenvalue weighted by Crippen LogP contribution is 2.24. The van der Waals surface area contributed by atoms with E-state index in [0.717, 1.165) is 38.5 Å². The van der Waals surface area contributed by atoms with Crippen molar-refractivity contribution in [1.29, 1.82) is 0 Å². The Balaban J connectivity index is 1.64. The first kappa shape index (κ1) is 18.3. The zero-order valence-electron chi connectivity index (χ0n) is 14.2. The molecule has 9 nitrogen and oxygen atoms in total. The van der Waals surface area contributed by atoms with Crippen LogP contribution in [0.2, 0.25) is 0 Å². The van der Waals surface area contributed by atoms with Crippen molar-refractivity contribution in [2.75, 3.05) is 26.2 Å². The highest BCUT2D eigenvalue weighted by molar-refractivity contribution is 7.86. The molecular formula is C15H25N5O4S. The van der Waals surface area contributed by atoms with Gasteiger partial charge in [-0.15, -0.1) is 5.10 Å². The maximum atomic E-state index is 12.9. The van der Waals surface area contributed by atoms with E-state index in [1.54, 1.807) is 8.61 Å². The third-order valence-electron chi connectivity index (χ3n) is 4.90. The van der Waals surface area contributed by atoms with Gasteiger partial charge in [0, 0.05) is 32.7 Å². The molecule has 140 valence electrons. The van der Waals surface area contributed by atoms with Crippen LogP contribution in [-0.4, -0.2) is 69.3 Å². The Hall–Kier alpha value is -1.52. The van der Waals surface area contributed by atoms with Crippen LogP contribution >= 0.6 is 0 Å². The molecule has 0 radical (unpaired) electrons. The quantitative estimate of drug-likeness (QED) is 0.820. The van der Waals surface area contributed by atoms with Crippen LogP contribution in [-0.2, 0) is 16.8 Å². The number of carbonyl (C=O) groups is 1. The Kier molecular flexibility index (Phi) is 5.70. The van der Waals surface area contributed by atoms with Crippen LogP contribution < -0.4 is 0 Å². The fourth-order valence-electron chi connectivity index (χ4n) is 3.57. The monoisotopic (exact) mass is 371 g/mol. The minimum atomic E-state index is -3.41. The summed E-state index contributed by atoms with van der Waals surface area (Å²) in [4.78, 5) is 10.9. The molecule has 10 heteroatoms. The third-order valence-corrected chi connectivity index (χ3v) is 6.90. The normalized spacial score (nSPS) is 24.1. The number of aromatic nitrogens is 3. The number of nitrogens with zero attached hydrogens (tertiary/aromatic N) is 5. The first-order valence-corrected chi connectivity index (χ1v) is 10.2. The van der Waals surface area contributed by atoms with Gasteiger partial charge in [0.05, 0.1) is 6.20 Å². The number of hydrogen-bond donors (Lipinski definition) is 1. The molecule has 0 aliphatic carbocycles. The molecule has 0 amide bonds. The molecule has 0 aromatic carbocycles. The summed E-state index contributed by atoms with van der Waals surface area (Å²) in [5.74, 6) is -1.00. The van der Waals surface area contributed by atoms with Crippen LogP contribution in [0.1, 0.15) is 49.0 Å². The lowest BCUT2D eigenvalue weighted by molar-refractivity contribution is 0.0690. The van der Waals surface area contributed by atoms with E-state index in [2.05, 4.69) is 10.3 Å². The average molecular weight is 371 g/mol. The third kappa shape index (κ3) is 4.36. The van der Waals surface area contributed by atoms with Gasteiger partial charge in [0.1, 0.15) is 0 Å². The van der Waals surface area contributed by atoms with Crippen LogP contribution in [0, 0.1) is 5.92 Å². The smallest absolute Gasteiger partial charge is 0.358 e. The first-order chi connectivity index (χ1) is 12.0. The minimum Gasteiger partial charge on any atom is -0.476 e. The molecule has 1 aromatic heterocycles. The fourth-order valence-corrected chi connectivity index (χ4v) is 5.38. The van der Waals surface area contributed by atoms with Crippen molar-refractivity contribution < 1.29 is 18.3 Å². The molecule has 3 rings (SSSR count). The van der Waals surface area contributed by atoms with Crippen molar-refractivity contribution in [3.63, 3.8) is 0 Å². The standard InChI is InChI=1S/C15H25N5O4S/c21-15(22)14-12-18(17-16-14)10-13-6-5-9-20(11-13)25(23,24)19-7-3-1-2-4-8-19/h12-13H,1-11H2,(H,21,22)/t13-/m1/s1. The van der Waals surface area contributed by atoms with Gasteiger partial charge >= 0.3 is 5.97 Å². The zero-order valence-corrected chi connectivity index (χ0v) is 15.1. The summed E-state index contributed by atoms with van der Waals surface area (Å²) in [7, 11) is -3.41. The minimum absolute atomic E-state index is 0.0927. The molecule has 1 N–H and O–H groups in total. The van der Waals surface area contributed by atoms with Crippen LogP contribution in [0.15, 0.2) is 6.20 Å². The molecule has 2 saturated heterocycles. The van der Waals surface area contributed by atoms with E-state index < -0.39 is 16.2 Å². The maximum absolute atomic E-state index is 12.9. The second-order valence-electron chi connectivity index (χ2n) is 6.82. The molecule has 2 aliphatic rings. The average Bonchev–Trinajstić information content (AvgIpc) is 2.88. The number of carboxylic acids is 1. The van der Waals surface area contributed by atoms with Crippen molar-refractivity contribution in [2.45, 2.75) is 45.1 Å². The summed E-state index contributed by atoms with van der Waals surface area (Å²) in [6.45, 7) is 2.68. The summed E-state index contributed by atoms with van der Waals surface area (Å²) in [5.41, 5.74) is -0.0927. The van der Waals surface area contributed by atoms with Gasteiger partial charge in [-0.05, 0) is 31.6 Å². The molecule has 2 fully saturated rings. The van der Waals surface area contributed by atoms with Crippen molar-refractivity contribution in [1.82, 2.24) is 23.6 Å². The summed E-state index contributed by atoms with van der Waals surface area (Å²) in [5, 5.41) is 16.3.